The molecule has 0 spiro atoms. The Labute approximate surface area is 123 Å². The van der Waals surface area contributed by atoms with Gasteiger partial charge in [0.2, 0.25) is 5.91 Å². The Bertz CT molecular complexity index is 392. The zero-order valence-corrected chi connectivity index (χ0v) is 13.2. The molecular weight excluding hydrogens is 248 g/mol. The highest BCUT2D eigenvalue weighted by molar-refractivity contribution is 5.85. The standard InChI is InChI=1S/C17H28N2O/c1-16(2)11-7-14(8-12-16)19(3)15(20)17(13-18)9-5-4-6-10-17/h14H,4-12H2,1-3H3. The van der Waals surface area contributed by atoms with Crippen molar-refractivity contribution in [1.29, 1.82) is 5.26 Å². The van der Waals surface area contributed by atoms with Gasteiger partial charge in [-0.05, 0) is 43.9 Å². The minimum Gasteiger partial charge on any atom is -0.341 e. The summed E-state index contributed by atoms with van der Waals surface area (Å²) in [5.41, 5.74) is -0.307. The highest BCUT2D eigenvalue weighted by Gasteiger charge is 2.43. The molecule has 0 heterocycles. The molecule has 0 aromatic heterocycles. The van der Waals surface area contributed by atoms with Gasteiger partial charge in [0.15, 0.2) is 0 Å². The molecular formula is C17H28N2O. The lowest BCUT2D eigenvalue weighted by Gasteiger charge is -2.41. The van der Waals surface area contributed by atoms with Crippen molar-refractivity contribution in [2.24, 2.45) is 10.8 Å². The topological polar surface area (TPSA) is 44.1 Å². The second kappa shape index (κ2) is 5.76. The number of rotatable bonds is 2. The first-order valence-electron chi connectivity index (χ1n) is 8.09. The Kier molecular flexibility index (Phi) is 4.42. The van der Waals surface area contributed by atoms with Gasteiger partial charge < -0.3 is 4.90 Å². The summed E-state index contributed by atoms with van der Waals surface area (Å²) in [6.45, 7) is 4.62. The summed E-state index contributed by atoms with van der Waals surface area (Å²) in [6, 6.07) is 2.70. The third-order valence-electron chi connectivity index (χ3n) is 5.51. The van der Waals surface area contributed by atoms with E-state index in [4.69, 9.17) is 0 Å². The number of hydrogen-bond acceptors (Lipinski definition) is 2. The first-order valence-corrected chi connectivity index (χ1v) is 8.09. The zero-order chi connectivity index (χ0) is 14.8. The van der Waals surface area contributed by atoms with Crippen LogP contribution in [-0.4, -0.2) is 23.9 Å². The second-order valence-corrected chi connectivity index (χ2v) is 7.57. The molecule has 2 aliphatic carbocycles. The Morgan fingerprint density at radius 3 is 2.15 bits per heavy atom. The van der Waals surface area contributed by atoms with Gasteiger partial charge >= 0.3 is 0 Å². The van der Waals surface area contributed by atoms with E-state index in [0.29, 0.717) is 11.5 Å². The van der Waals surface area contributed by atoms with E-state index in [1.165, 1.54) is 12.8 Å². The van der Waals surface area contributed by atoms with E-state index in [9.17, 15) is 10.1 Å². The van der Waals surface area contributed by atoms with Crippen LogP contribution in [0.4, 0.5) is 0 Å². The minimum atomic E-state index is -0.722. The van der Waals surface area contributed by atoms with Crippen LogP contribution in [0.1, 0.15) is 71.6 Å². The second-order valence-electron chi connectivity index (χ2n) is 7.57. The summed E-state index contributed by atoms with van der Waals surface area (Å²) in [5, 5.41) is 9.54. The Morgan fingerprint density at radius 2 is 1.65 bits per heavy atom. The fraction of sp³-hybridized carbons (Fsp3) is 0.882. The Morgan fingerprint density at radius 1 is 1.10 bits per heavy atom. The third-order valence-corrected chi connectivity index (χ3v) is 5.51. The van der Waals surface area contributed by atoms with Gasteiger partial charge in [-0.15, -0.1) is 0 Å². The van der Waals surface area contributed by atoms with Crippen molar-refractivity contribution in [2.45, 2.75) is 77.7 Å². The van der Waals surface area contributed by atoms with Crippen molar-refractivity contribution in [2.75, 3.05) is 7.05 Å². The number of nitriles is 1. The average molecular weight is 276 g/mol. The molecule has 3 heteroatoms. The van der Waals surface area contributed by atoms with Crippen LogP contribution < -0.4 is 0 Å². The molecule has 112 valence electrons. The molecule has 0 aliphatic heterocycles. The summed E-state index contributed by atoms with van der Waals surface area (Å²) >= 11 is 0. The summed E-state index contributed by atoms with van der Waals surface area (Å²) in [4.78, 5) is 14.7. The molecule has 2 aliphatic rings. The van der Waals surface area contributed by atoms with Crippen molar-refractivity contribution in [3.05, 3.63) is 0 Å². The van der Waals surface area contributed by atoms with E-state index in [2.05, 4.69) is 19.9 Å². The highest BCUT2D eigenvalue weighted by atomic mass is 16.2. The van der Waals surface area contributed by atoms with Crippen LogP contribution in [0.5, 0.6) is 0 Å². The maximum Gasteiger partial charge on any atom is 0.243 e. The van der Waals surface area contributed by atoms with Crippen LogP contribution in [0.3, 0.4) is 0 Å². The molecule has 0 aromatic carbocycles. The van der Waals surface area contributed by atoms with Crippen molar-refractivity contribution in [3.63, 3.8) is 0 Å². The largest absolute Gasteiger partial charge is 0.341 e. The van der Waals surface area contributed by atoms with Crippen LogP contribution in [0.2, 0.25) is 0 Å². The average Bonchev–Trinajstić information content (AvgIpc) is 2.46. The predicted octanol–water partition coefficient (Wildman–Crippen LogP) is 3.89. The SMILES string of the molecule is CN(C(=O)C1(C#N)CCCCC1)C1CCC(C)(C)CC1. The van der Waals surface area contributed by atoms with Gasteiger partial charge in [0.05, 0.1) is 6.07 Å². The van der Waals surface area contributed by atoms with E-state index in [-0.39, 0.29) is 5.91 Å². The van der Waals surface area contributed by atoms with Gasteiger partial charge in [-0.3, -0.25) is 4.79 Å². The van der Waals surface area contributed by atoms with Gasteiger partial charge in [-0.25, -0.2) is 0 Å². The lowest BCUT2D eigenvalue weighted by atomic mass is 9.72. The Balaban J connectivity index is 2.03. The smallest absolute Gasteiger partial charge is 0.243 e. The van der Waals surface area contributed by atoms with E-state index in [1.54, 1.807) is 0 Å². The number of hydrogen-bond donors (Lipinski definition) is 0. The molecule has 2 rings (SSSR count). The minimum absolute atomic E-state index is 0.0874. The van der Waals surface area contributed by atoms with Gasteiger partial charge in [0.25, 0.3) is 0 Å². The number of amides is 1. The van der Waals surface area contributed by atoms with Crippen LogP contribution >= 0.6 is 0 Å². The van der Waals surface area contributed by atoms with E-state index < -0.39 is 5.41 Å². The molecule has 0 bridgehead atoms. The van der Waals surface area contributed by atoms with Crippen molar-refractivity contribution < 1.29 is 4.79 Å². The molecule has 1 amide bonds. The normalized spacial score (nSPS) is 25.7. The van der Waals surface area contributed by atoms with Crippen LogP contribution in [0.25, 0.3) is 0 Å². The summed E-state index contributed by atoms with van der Waals surface area (Å²) < 4.78 is 0. The fourth-order valence-electron chi connectivity index (χ4n) is 3.80. The molecule has 0 unspecified atom stereocenters. The highest BCUT2D eigenvalue weighted by Crippen LogP contribution is 2.40. The summed E-state index contributed by atoms with van der Waals surface area (Å²) in [7, 11) is 1.92. The molecule has 20 heavy (non-hydrogen) atoms. The molecule has 2 saturated carbocycles. The fourth-order valence-corrected chi connectivity index (χ4v) is 3.80. The van der Waals surface area contributed by atoms with E-state index in [0.717, 1.165) is 44.9 Å². The van der Waals surface area contributed by atoms with E-state index >= 15 is 0 Å². The predicted molar refractivity (Wildman–Crippen MR) is 79.9 cm³/mol. The zero-order valence-electron chi connectivity index (χ0n) is 13.2. The first kappa shape index (κ1) is 15.4. The van der Waals surface area contributed by atoms with Crippen molar-refractivity contribution in [3.8, 4) is 6.07 Å². The van der Waals surface area contributed by atoms with Gasteiger partial charge in [-0.1, -0.05) is 33.1 Å². The molecule has 0 saturated heterocycles. The summed E-state index contributed by atoms with van der Waals surface area (Å²) in [5.74, 6) is 0.0874. The monoisotopic (exact) mass is 276 g/mol. The third kappa shape index (κ3) is 3.00. The van der Waals surface area contributed by atoms with Crippen LogP contribution in [0, 0.1) is 22.2 Å². The maximum absolute atomic E-state index is 12.8. The van der Waals surface area contributed by atoms with Crippen LogP contribution in [-0.2, 0) is 4.79 Å². The number of nitrogens with zero attached hydrogens (tertiary/aromatic N) is 2. The van der Waals surface area contributed by atoms with Gasteiger partial charge in [-0.2, -0.15) is 5.26 Å². The quantitative estimate of drug-likeness (QED) is 0.768. The lowest BCUT2D eigenvalue weighted by Crippen LogP contribution is -2.48. The van der Waals surface area contributed by atoms with Gasteiger partial charge in [0.1, 0.15) is 5.41 Å². The first-order chi connectivity index (χ1) is 9.40. The molecule has 2 fully saturated rings. The van der Waals surface area contributed by atoms with E-state index in [1.807, 2.05) is 11.9 Å². The lowest BCUT2D eigenvalue weighted by molar-refractivity contribution is -0.142. The maximum atomic E-state index is 12.8. The molecule has 3 nitrogen and oxygen atoms in total. The molecule has 0 aromatic rings. The van der Waals surface area contributed by atoms with Crippen molar-refractivity contribution in [1.82, 2.24) is 4.90 Å². The van der Waals surface area contributed by atoms with Crippen molar-refractivity contribution >= 4 is 5.91 Å². The van der Waals surface area contributed by atoms with Crippen LogP contribution in [0.15, 0.2) is 0 Å². The molecule has 0 N–H and O–H groups in total. The Hall–Kier alpha value is -1.04. The molecule has 0 atom stereocenters. The number of carbonyl (C=O) groups is 1. The summed E-state index contributed by atoms with van der Waals surface area (Å²) in [6.07, 6.45) is 9.22. The molecule has 0 radical (unpaired) electrons. The van der Waals surface area contributed by atoms with Gasteiger partial charge in [0, 0.05) is 13.1 Å². The number of carbonyl (C=O) groups excluding carboxylic acids is 1.